The largest absolute Gasteiger partial charge is 0.496 e. The molecule has 0 saturated carbocycles. The van der Waals surface area contributed by atoms with Gasteiger partial charge >= 0.3 is 0 Å². The summed E-state index contributed by atoms with van der Waals surface area (Å²) in [5.74, 6) is 0.235. The van der Waals surface area contributed by atoms with Crippen molar-refractivity contribution in [2.24, 2.45) is 0 Å². The SMILES string of the molecule is COc1cc(C)[nH]c(=O)c1CNC(=O)c1c(C)[nH]c2ccccc12. The van der Waals surface area contributed by atoms with Crippen molar-refractivity contribution in [3.63, 3.8) is 0 Å². The standard InChI is InChI=1S/C18H19N3O3/c1-10-8-15(24-3)13(17(22)20-10)9-19-18(23)16-11(2)21-14-7-5-4-6-12(14)16/h4-8,21H,9H2,1-3H3,(H,19,23)(H,20,22). The second-order valence-electron chi connectivity index (χ2n) is 5.68. The Hall–Kier alpha value is -3.02. The zero-order valence-corrected chi connectivity index (χ0v) is 13.8. The summed E-state index contributed by atoms with van der Waals surface area (Å²) >= 11 is 0. The summed E-state index contributed by atoms with van der Waals surface area (Å²) < 4.78 is 5.25. The molecule has 0 aliphatic rings. The molecule has 0 aliphatic heterocycles. The van der Waals surface area contributed by atoms with Gasteiger partial charge in [0.05, 0.1) is 24.8 Å². The van der Waals surface area contributed by atoms with Crippen molar-refractivity contribution in [2.45, 2.75) is 20.4 Å². The lowest BCUT2D eigenvalue weighted by atomic mass is 10.1. The minimum absolute atomic E-state index is 0.0938. The number of aromatic amines is 2. The number of ether oxygens (including phenoxy) is 1. The summed E-state index contributed by atoms with van der Waals surface area (Å²) in [5, 5.41) is 3.67. The van der Waals surface area contributed by atoms with E-state index in [4.69, 9.17) is 4.74 Å². The van der Waals surface area contributed by atoms with Crippen molar-refractivity contribution in [2.75, 3.05) is 7.11 Å². The molecule has 0 fully saturated rings. The zero-order valence-electron chi connectivity index (χ0n) is 13.8. The lowest BCUT2D eigenvalue weighted by Crippen LogP contribution is -2.27. The van der Waals surface area contributed by atoms with E-state index in [-0.39, 0.29) is 18.0 Å². The maximum absolute atomic E-state index is 12.6. The Morgan fingerprint density at radius 1 is 1.21 bits per heavy atom. The van der Waals surface area contributed by atoms with Gasteiger partial charge in [-0.25, -0.2) is 0 Å². The Morgan fingerprint density at radius 2 is 1.96 bits per heavy atom. The minimum atomic E-state index is -0.261. The van der Waals surface area contributed by atoms with Crippen LogP contribution in [0.3, 0.4) is 0 Å². The number of benzene rings is 1. The van der Waals surface area contributed by atoms with E-state index in [1.54, 1.807) is 13.0 Å². The first kappa shape index (κ1) is 15.9. The number of carbonyl (C=O) groups excluding carboxylic acids is 1. The van der Waals surface area contributed by atoms with Crippen LogP contribution in [0.15, 0.2) is 35.1 Å². The number of rotatable bonds is 4. The van der Waals surface area contributed by atoms with Crippen molar-refractivity contribution in [3.05, 3.63) is 63.2 Å². The van der Waals surface area contributed by atoms with Gasteiger partial charge in [0.25, 0.3) is 11.5 Å². The van der Waals surface area contributed by atoms with Gasteiger partial charge in [0.15, 0.2) is 0 Å². The molecule has 124 valence electrons. The summed E-state index contributed by atoms with van der Waals surface area (Å²) in [5.41, 5.74) is 3.13. The highest BCUT2D eigenvalue weighted by Gasteiger charge is 2.17. The molecule has 0 unspecified atom stereocenters. The van der Waals surface area contributed by atoms with E-state index in [1.165, 1.54) is 7.11 Å². The number of H-pyrrole nitrogens is 2. The van der Waals surface area contributed by atoms with Crippen LogP contribution in [0.5, 0.6) is 5.75 Å². The van der Waals surface area contributed by atoms with E-state index in [0.29, 0.717) is 22.6 Å². The molecule has 0 aliphatic carbocycles. The molecule has 0 spiro atoms. The molecule has 3 rings (SSSR count). The van der Waals surface area contributed by atoms with Crippen molar-refractivity contribution < 1.29 is 9.53 Å². The molecule has 2 heterocycles. The third kappa shape index (κ3) is 2.78. The predicted molar refractivity (Wildman–Crippen MR) is 92.6 cm³/mol. The molecular weight excluding hydrogens is 306 g/mol. The van der Waals surface area contributed by atoms with Crippen molar-refractivity contribution in [1.29, 1.82) is 0 Å². The van der Waals surface area contributed by atoms with Crippen LogP contribution in [0.25, 0.3) is 10.9 Å². The number of hydrogen-bond acceptors (Lipinski definition) is 3. The maximum Gasteiger partial charge on any atom is 0.256 e. The zero-order chi connectivity index (χ0) is 17.3. The summed E-state index contributed by atoms with van der Waals surface area (Å²) in [7, 11) is 1.50. The topological polar surface area (TPSA) is 87.0 Å². The van der Waals surface area contributed by atoms with Crippen LogP contribution in [0.4, 0.5) is 0 Å². The second-order valence-corrected chi connectivity index (χ2v) is 5.68. The predicted octanol–water partition coefficient (Wildman–Crippen LogP) is 2.41. The fourth-order valence-electron chi connectivity index (χ4n) is 2.86. The fraction of sp³-hybridized carbons (Fsp3) is 0.222. The maximum atomic E-state index is 12.6. The molecule has 0 saturated heterocycles. The number of pyridine rings is 1. The average molecular weight is 325 g/mol. The summed E-state index contributed by atoms with van der Waals surface area (Å²) in [4.78, 5) is 30.6. The average Bonchev–Trinajstić information content (AvgIpc) is 2.88. The fourth-order valence-corrected chi connectivity index (χ4v) is 2.86. The van der Waals surface area contributed by atoms with Gasteiger partial charge in [-0.15, -0.1) is 0 Å². The van der Waals surface area contributed by atoms with E-state index in [9.17, 15) is 9.59 Å². The number of carbonyl (C=O) groups is 1. The summed E-state index contributed by atoms with van der Waals surface area (Å²) in [6, 6.07) is 9.36. The first-order valence-corrected chi connectivity index (χ1v) is 7.63. The lowest BCUT2D eigenvalue weighted by molar-refractivity contribution is 0.0951. The van der Waals surface area contributed by atoms with Gasteiger partial charge in [-0.2, -0.15) is 0 Å². The van der Waals surface area contributed by atoms with Crippen LogP contribution in [0, 0.1) is 13.8 Å². The lowest BCUT2D eigenvalue weighted by Gasteiger charge is -2.10. The van der Waals surface area contributed by atoms with Crippen LogP contribution in [-0.4, -0.2) is 23.0 Å². The summed E-state index contributed by atoms with van der Waals surface area (Å²) in [6.45, 7) is 3.73. The monoisotopic (exact) mass is 325 g/mol. The number of amides is 1. The highest BCUT2D eigenvalue weighted by Crippen LogP contribution is 2.22. The number of fused-ring (bicyclic) bond motifs is 1. The molecule has 24 heavy (non-hydrogen) atoms. The van der Waals surface area contributed by atoms with Crippen LogP contribution >= 0.6 is 0 Å². The van der Waals surface area contributed by atoms with Crippen LogP contribution in [0.1, 0.15) is 27.3 Å². The van der Waals surface area contributed by atoms with Gasteiger partial charge in [0.2, 0.25) is 0 Å². The summed E-state index contributed by atoms with van der Waals surface area (Å²) in [6.07, 6.45) is 0. The van der Waals surface area contributed by atoms with Gasteiger partial charge in [-0.3, -0.25) is 9.59 Å². The number of methoxy groups -OCH3 is 1. The van der Waals surface area contributed by atoms with Crippen LogP contribution < -0.4 is 15.6 Å². The molecule has 2 aromatic heterocycles. The normalized spacial score (nSPS) is 10.8. The van der Waals surface area contributed by atoms with Gasteiger partial charge in [0, 0.05) is 22.3 Å². The molecule has 0 radical (unpaired) electrons. The Kier molecular flexibility index (Phi) is 4.12. The Labute approximate surface area is 138 Å². The van der Waals surface area contributed by atoms with Crippen molar-refractivity contribution >= 4 is 16.8 Å². The number of aromatic nitrogens is 2. The molecular formula is C18H19N3O3. The minimum Gasteiger partial charge on any atom is -0.496 e. The molecule has 3 N–H and O–H groups in total. The Balaban J connectivity index is 1.89. The number of nitrogens with one attached hydrogen (secondary N) is 3. The number of hydrogen-bond donors (Lipinski definition) is 3. The van der Waals surface area contributed by atoms with E-state index in [0.717, 1.165) is 16.6 Å². The molecule has 1 amide bonds. The van der Waals surface area contributed by atoms with Gasteiger partial charge in [0.1, 0.15) is 5.75 Å². The van der Waals surface area contributed by atoms with E-state index in [1.807, 2.05) is 31.2 Å². The highest BCUT2D eigenvalue weighted by molar-refractivity contribution is 6.08. The number of para-hydroxylation sites is 1. The van der Waals surface area contributed by atoms with E-state index < -0.39 is 0 Å². The molecule has 0 atom stereocenters. The molecule has 6 heteroatoms. The van der Waals surface area contributed by atoms with E-state index in [2.05, 4.69) is 15.3 Å². The molecule has 0 bridgehead atoms. The van der Waals surface area contributed by atoms with Crippen molar-refractivity contribution in [1.82, 2.24) is 15.3 Å². The Bertz CT molecular complexity index is 969. The quantitative estimate of drug-likeness (QED) is 0.688. The number of aryl methyl sites for hydroxylation is 2. The first-order valence-electron chi connectivity index (χ1n) is 7.63. The van der Waals surface area contributed by atoms with Gasteiger partial charge < -0.3 is 20.0 Å². The third-order valence-corrected chi connectivity index (χ3v) is 4.00. The highest BCUT2D eigenvalue weighted by atomic mass is 16.5. The smallest absolute Gasteiger partial charge is 0.256 e. The first-order chi connectivity index (χ1) is 11.5. The van der Waals surface area contributed by atoms with Crippen LogP contribution in [-0.2, 0) is 6.54 Å². The van der Waals surface area contributed by atoms with Gasteiger partial charge in [-0.05, 0) is 26.0 Å². The molecule has 3 aromatic rings. The van der Waals surface area contributed by atoms with Crippen molar-refractivity contribution in [3.8, 4) is 5.75 Å². The molecule has 1 aromatic carbocycles. The Morgan fingerprint density at radius 3 is 2.71 bits per heavy atom. The molecule has 6 nitrogen and oxygen atoms in total. The van der Waals surface area contributed by atoms with Crippen LogP contribution in [0.2, 0.25) is 0 Å². The third-order valence-electron chi connectivity index (χ3n) is 4.00. The second kappa shape index (κ2) is 6.23. The van der Waals surface area contributed by atoms with E-state index >= 15 is 0 Å². The van der Waals surface area contributed by atoms with Gasteiger partial charge in [-0.1, -0.05) is 18.2 Å².